The highest BCUT2D eigenvalue weighted by atomic mass is 16.5. The molecule has 25 heavy (non-hydrogen) atoms. The number of carbonyl (C=O) groups excluding carboxylic acids is 1. The van der Waals surface area contributed by atoms with Gasteiger partial charge in [-0.1, -0.05) is 6.42 Å². The van der Waals surface area contributed by atoms with Crippen LogP contribution in [0.25, 0.3) is 0 Å². The Kier molecular flexibility index (Phi) is 5.16. The molecule has 1 saturated carbocycles. The van der Waals surface area contributed by atoms with Crippen molar-refractivity contribution in [3.8, 4) is 11.5 Å². The van der Waals surface area contributed by atoms with Crippen LogP contribution in [0.15, 0.2) is 12.1 Å². The van der Waals surface area contributed by atoms with E-state index in [1.807, 2.05) is 12.1 Å². The molecule has 6 nitrogen and oxygen atoms in total. The maximum absolute atomic E-state index is 12.5. The van der Waals surface area contributed by atoms with E-state index < -0.39 is 5.97 Å². The molecule has 2 aliphatic rings. The Labute approximate surface area is 147 Å². The number of carboxylic acids is 1. The Morgan fingerprint density at radius 2 is 1.76 bits per heavy atom. The molecule has 0 spiro atoms. The van der Waals surface area contributed by atoms with E-state index in [1.54, 1.807) is 14.2 Å². The molecule has 1 aromatic carbocycles. The lowest BCUT2D eigenvalue weighted by Crippen LogP contribution is -2.42. The Morgan fingerprint density at radius 3 is 2.40 bits per heavy atom. The van der Waals surface area contributed by atoms with Crippen LogP contribution in [-0.4, -0.2) is 31.2 Å². The number of hydrogen-bond donors (Lipinski definition) is 2. The molecule has 1 aromatic rings. The summed E-state index contributed by atoms with van der Waals surface area (Å²) in [5.74, 6) is -0.0335. The first kappa shape index (κ1) is 17.6. The van der Waals surface area contributed by atoms with Crippen molar-refractivity contribution in [2.75, 3.05) is 14.2 Å². The third kappa shape index (κ3) is 3.57. The zero-order valence-electron chi connectivity index (χ0n) is 14.7. The molecular formula is C19H25NO5. The minimum Gasteiger partial charge on any atom is -0.493 e. The lowest BCUT2D eigenvalue weighted by molar-refractivity contribution is -0.148. The predicted molar refractivity (Wildman–Crippen MR) is 91.8 cm³/mol. The van der Waals surface area contributed by atoms with Crippen LogP contribution >= 0.6 is 0 Å². The SMILES string of the molecule is COc1cc2c(cc1OC)C(NC(=O)C1CC(C(=O)O)C1)CCCC2. The number of rotatable bonds is 5. The third-order valence-corrected chi connectivity index (χ3v) is 5.38. The topological polar surface area (TPSA) is 84.9 Å². The van der Waals surface area contributed by atoms with Crippen LogP contribution in [0.4, 0.5) is 0 Å². The number of aryl methyl sites for hydroxylation is 1. The molecule has 1 unspecified atom stereocenters. The largest absolute Gasteiger partial charge is 0.493 e. The molecule has 0 saturated heterocycles. The number of hydrogen-bond acceptors (Lipinski definition) is 4. The molecule has 1 fully saturated rings. The van der Waals surface area contributed by atoms with E-state index in [0.29, 0.717) is 24.3 Å². The van der Waals surface area contributed by atoms with Crippen molar-refractivity contribution in [2.45, 2.75) is 44.6 Å². The molecule has 1 atom stereocenters. The van der Waals surface area contributed by atoms with E-state index in [9.17, 15) is 9.59 Å². The van der Waals surface area contributed by atoms with Gasteiger partial charge < -0.3 is 19.9 Å². The quantitative estimate of drug-likeness (QED) is 0.800. The molecule has 1 amide bonds. The summed E-state index contributed by atoms with van der Waals surface area (Å²) in [5, 5.41) is 12.1. The van der Waals surface area contributed by atoms with Gasteiger partial charge in [0.1, 0.15) is 0 Å². The minimum atomic E-state index is -0.805. The zero-order chi connectivity index (χ0) is 18.0. The second kappa shape index (κ2) is 7.33. The highest BCUT2D eigenvalue weighted by Gasteiger charge is 2.39. The summed E-state index contributed by atoms with van der Waals surface area (Å²) in [6.45, 7) is 0. The van der Waals surface area contributed by atoms with Crippen molar-refractivity contribution in [3.05, 3.63) is 23.3 Å². The van der Waals surface area contributed by atoms with Crippen LogP contribution in [0.1, 0.15) is 49.3 Å². The van der Waals surface area contributed by atoms with Gasteiger partial charge >= 0.3 is 5.97 Å². The number of benzene rings is 1. The first-order valence-electron chi connectivity index (χ1n) is 8.81. The van der Waals surface area contributed by atoms with Crippen molar-refractivity contribution in [3.63, 3.8) is 0 Å². The molecule has 0 aromatic heterocycles. The maximum Gasteiger partial charge on any atom is 0.306 e. The molecule has 136 valence electrons. The molecule has 0 bridgehead atoms. The van der Waals surface area contributed by atoms with Crippen LogP contribution in [0.3, 0.4) is 0 Å². The Hall–Kier alpha value is -2.24. The van der Waals surface area contributed by atoms with Crippen LogP contribution < -0.4 is 14.8 Å². The predicted octanol–water partition coefficient (Wildman–Crippen LogP) is 2.70. The average molecular weight is 347 g/mol. The third-order valence-electron chi connectivity index (χ3n) is 5.38. The van der Waals surface area contributed by atoms with E-state index in [-0.39, 0.29) is 23.8 Å². The molecule has 3 rings (SSSR count). The summed E-state index contributed by atoms with van der Waals surface area (Å²) < 4.78 is 10.8. The van der Waals surface area contributed by atoms with Crippen LogP contribution in [0.5, 0.6) is 11.5 Å². The van der Waals surface area contributed by atoms with Crippen LogP contribution in [0.2, 0.25) is 0 Å². The second-order valence-corrected chi connectivity index (χ2v) is 6.92. The van der Waals surface area contributed by atoms with Gasteiger partial charge in [0.2, 0.25) is 5.91 Å². The van der Waals surface area contributed by atoms with Crippen LogP contribution in [0, 0.1) is 11.8 Å². The highest BCUT2D eigenvalue weighted by Crippen LogP contribution is 2.39. The van der Waals surface area contributed by atoms with Gasteiger partial charge in [0.05, 0.1) is 26.2 Å². The number of carboxylic acid groups (broad SMARTS) is 1. The summed E-state index contributed by atoms with van der Waals surface area (Å²) >= 11 is 0. The van der Waals surface area contributed by atoms with Crippen molar-refractivity contribution in [1.29, 1.82) is 0 Å². The summed E-state index contributed by atoms with van der Waals surface area (Å²) in [5.41, 5.74) is 2.26. The van der Waals surface area contributed by atoms with Gasteiger partial charge in [-0.05, 0) is 55.4 Å². The molecule has 6 heteroatoms. The first-order chi connectivity index (χ1) is 12.0. The maximum atomic E-state index is 12.5. The fourth-order valence-corrected chi connectivity index (χ4v) is 3.77. The van der Waals surface area contributed by atoms with E-state index in [0.717, 1.165) is 31.2 Å². The number of ether oxygens (including phenoxy) is 2. The molecule has 0 aliphatic heterocycles. The average Bonchev–Trinajstić information content (AvgIpc) is 2.73. The number of amides is 1. The van der Waals surface area contributed by atoms with Crippen LogP contribution in [-0.2, 0) is 16.0 Å². The zero-order valence-corrected chi connectivity index (χ0v) is 14.7. The van der Waals surface area contributed by atoms with Gasteiger partial charge in [-0.15, -0.1) is 0 Å². The number of nitrogens with one attached hydrogen (secondary N) is 1. The van der Waals surface area contributed by atoms with E-state index >= 15 is 0 Å². The Balaban J connectivity index is 1.77. The van der Waals surface area contributed by atoms with Crippen molar-refractivity contribution < 1.29 is 24.2 Å². The number of methoxy groups -OCH3 is 2. The normalized spacial score (nSPS) is 25.1. The standard InChI is InChI=1S/C19H25NO5/c1-24-16-9-11-5-3-4-6-15(14(11)10-17(16)25-2)20-18(21)12-7-13(8-12)19(22)23/h9-10,12-13,15H,3-8H2,1-2H3,(H,20,21)(H,22,23). The summed E-state index contributed by atoms with van der Waals surface area (Å²) in [4.78, 5) is 23.4. The smallest absolute Gasteiger partial charge is 0.306 e. The number of aliphatic carboxylic acids is 1. The molecule has 2 aliphatic carbocycles. The fourth-order valence-electron chi connectivity index (χ4n) is 3.77. The van der Waals surface area contributed by atoms with Crippen molar-refractivity contribution >= 4 is 11.9 Å². The van der Waals surface area contributed by atoms with Gasteiger partial charge in [0.15, 0.2) is 11.5 Å². The van der Waals surface area contributed by atoms with Gasteiger partial charge in [0.25, 0.3) is 0 Å². The Morgan fingerprint density at radius 1 is 1.08 bits per heavy atom. The minimum absolute atomic E-state index is 0.0369. The Bertz CT molecular complexity index is 666. The van der Waals surface area contributed by atoms with Gasteiger partial charge in [-0.2, -0.15) is 0 Å². The molecule has 0 radical (unpaired) electrons. The number of fused-ring (bicyclic) bond motifs is 1. The summed E-state index contributed by atoms with van der Waals surface area (Å²) in [6, 6.07) is 3.90. The lowest BCUT2D eigenvalue weighted by Gasteiger charge is -2.32. The molecular weight excluding hydrogens is 322 g/mol. The van der Waals surface area contributed by atoms with E-state index in [1.165, 1.54) is 5.56 Å². The molecule has 0 heterocycles. The van der Waals surface area contributed by atoms with Gasteiger partial charge in [0, 0.05) is 5.92 Å². The second-order valence-electron chi connectivity index (χ2n) is 6.92. The molecule has 2 N–H and O–H groups in total. The lowest BCUT2D eigenvalue weighted by atomic mass is 9.74. The van der Waals surface area contributed by atoms with Gasteiger partial charge in [-0.3, -0.25) is 9.59 Å². The summed E-state index contributed by atoms with van der Waals surface area (Å²) in [7, 11) is 3.23. The van der Waals surface area contributed by atoms with Gasteiger partial charge in [-0.25, -0.2) is 0 Å². The highest BCUT2D eigenvalue weighted by molar-refractivity contribution is 5.83. The van der Waals surface area contributed by atoms with Crippen molar-refractivity contribution in [2.24, 2.45) is 11.8 Å². The summed E-state index contributed by atoms with van der Waals surface area (Å²) in [6.07, 6.45) is 4.81. The van der Waals surface area contributed by atoms with E-state index in [2.05, 4.69) is 5.32 Å². The first-order valence-corrected chi connectivity index (χ1v) is 8.81. The monoisotopic (exact) mass is 347 g/mol. The number of carbonyl (C=O) groups is 2. The fraction of sp³-hybridized carbons (Fsp3) is 0.579. The van der Waals surface area contributed by atoms with E-state index in [4.69, 9.17) is 14.6 Å². The van der Waals surface area contributed by atoms with Crippen molar-refractivity contribution in [1.82, 2.24) is 5.32 Å².